The first kappa shape index (κ1) is 31.3. The predicted molar refractivity (Wildman–Crippen MR) is 116 cm³/mol. The van der Waals surface area contributed by atoms with E-state index in [1.54, 1.807) is 12.4 Å². The second-order valence-electron chi connectivity index (χ2n) is 5.25. The molecule has 9 nitrogen and oxygen atoms in total. The van der Waals surface area contributed by atoms with Crippen molar-refractivity contribution in [2.45, 2.75) is 27.7 Å². The largest absolute Gasteiger partial charge is 0.411 e. The summed E-state index contributed by atoms with van der Waals surface area (Å²) >= 11 is 0. The maximum absolute atomic E-state index is 8.03. The van der Waals surface area contributed by atoms with Gasteiger partial charge < -0.3 is 20.8 Å². The van der Waals surface area contributed by atoms with E-state index in [1.165, 1.54) is 27.7 Å². The zero-order valence-corrected chi connectivity index (χ0v) is 18.4. The monoisotopic (exact) mass is 461 g/mol. The molecule has 167 valence electrons. The van der Waals surface area contributed by atoms with Gasteiger partial charge >= 0.3 is 0 Å². The van der Waals surface area contributed by atoms with Crippen molar-refractivity contribution in [2.75, 3.05) is 0 Å². The van der Waals surface area contributed by atoms with E-state index in [2.05, 4.69) is 32.2 Å². The van der Waals surface area contributed by atoms with Crippen LogP contribution in [0.15, 0.2) is 87.7 Å². The van der Waals surface area contributed by atoms with Gasteiger partial charge in [0.1, 0.15) is 22.8 Å². The number of hydrogen-bond donors (Lipinski definition) is 4. The van der Waals surface area contributed by atoms with E-state index in [4.69, 9.17) is 20.8 Å². The smallest absolute Gasteiger partial charge is 0.101 e. The van der Waals surface area contributed by atoms with Gasteiger partial charge in [0.15, 0.2) is 0 Å². The summed E-state index contributed by atoms with van der Waals surface area (Å²) in [6, 6.07) is 5.72. The SMILES string of the molecule is C=C1C=C[CH-]C=C1.CC(=N\O)/C(C)=N/O.CC(=N\O)/C(C)=N/O.[Co].c1ccncc1. The van der Waals surface area contributed by atoms with Crippen LogP contribution in [0.3, 0.4) is 0 Å². The van der Waals surface area contributed by atoms with E-state index in [9.17, 15) is 0 Å². The van der Waals surface area contributed by atoms with Gasteiger partial charge in [-0.05, 0) is 39.8 Å². The van der Waals surface area contributed by atoms with Gasteiger partial charge in [0.25, 0.3) is 0 Å². The molecule has 0 bridgehead atoms. The summed E-state index contributed by atoms with van der Waals surface area (Å²) in [6.45, 7) is 9.87. The summed E-state index contributed by atoms with van der Waals surface area (Å²) in [5.74, 6) is 0. The third-order valence-electron chi connectivity index (χ3n) is 3.06. The van der Waals surface area contributed by atoms with Crippen LogP contribution >= 0.6 is 0 Å². The quantitative estimate of drug-likeness (QED) is 0.224. The Kier molecular flexibility index (Phi) is 22.9. The molecule has 1 heterocycles. The van der Waals surface area contributed by atoms with Crippen molar-refractivity contribution in [2.24, 2.45) is 20.6 Å². The third kappa shape index (κ3) is 19.4. The molecule has 30 heavy (non-hydrogen) atoms. The van der Waals surface area contributed by atoms with E-state index >= 15 is 0 Å². The molecule has 0 fully saturated rings. The minimum Gasteiger partial charge on any atom is -0.411 e. The van der Waals surface area contributed by atoms with Crippen molar-refractivity contribution in [3.63, 3.8) is 0 Å². The molecule has 1 radical (unpaired) electrons. The molecule has 4 N–H and O–H groups in total. The van der Waals surface area contributed by atoms with E-state index in [1.807, 2.05) is 48.9 Å². The molecule has 0 unspecified atom stereocenters. The molecular weight excluding hydrogens is 433 g/mol. The molecule has 10 heteroatoms. The Morgan fingerprint density at radius 3 is 1.20 bits per heavy atom. The molecule has 1 aliphatic rings. The van der Waals surface area contributed by atoms with Crippen molar-refractivity contribution < 1.29 is 37.6 Å². The first-order chi connectivity index (χ1) is 13.8. The molecule has 2 rings (SSSR count). The van der Waals surface area contributed by atoms with Crippen molar-refractivity contribution in [3.05, 3.63) is 73.5 Å². The maximum Gasteiger partial charge on any atom is 0.101 e. The standard InChI is InChI=1S/C7H7.C5H5N.2C4H8N2O2.Co/c1-7-5-3-2-4-6-7;1-2-4-6-5-3-1;2*1-3(5-7)4(2)6-8;/h2-6H,1H2;1-5H;2*7-8H,1-2H3;/q-1;;;;/b;;2*5-3+,6-4+;. The first-order valence-corrected chi connectivity index (χ1v) is 8.31. The Bertz CT molecular complexity index is 653. The number of hydrogen-bond acceptors (Lipinski definition) is 9. The summed E-state index contributed by atoms with van der Waals surface area (Å²) in [4.78, 5) is 3.78. The Hall–Kier alpha value is -3.37. The Labute approximate surface area is 187 Å². The van der Waals surface area contributed by atoms with Crippen molar-refractivity contribution in [1.82, 2.24) is 4.98 Å². The Morgan fingerprint density at radius 2 is 1.07 bits per heavy atom. The summed E-state index contributed by atoms with van der Waals surface area (Å²) in [6.07, 6.45) is 13.4. The predicted octanol–water partition coefficient (Wildman–Crippen LogP) is 4.33. The summed E-state index contributed by atoms with van der Waals surface area (Å²) in [5.41, 5.74) is 2.32. The minimum atomic E-state index is 0. The molecule has 0 aliphatic heterocycles. The normalized spacial score (nSPS) is 13.1. The van der Waals surface area contributed by atoms with Gasteiger partial charge in [0.2, 0.25) is 0 Å². The van der Waals surface area contributed by atoms with Crippen LogP contribution in [0.5, 0.6) is 0 Å². The van der Waals surface area contributed by atoms with Gasteiger partial charge in [-0.1, -0.05) is 26.7 Å². The van der Waals surface area contributed by atoms with Crippen LogP contribution in [-0.4, -0.2) is 48.7 Å². The van der Waals surface area contributed by atoms with Crippen LogP contribution in [0.4, 0.5) is 0 Å². The average Bonchev–Trinajstić information content (AvgIpc) is 2.79. The van der Waals surface area contributed by atoms with Gasteiger partial charge in [-0.3, -0.25) is 4.98 Å². The Balaban J connectivity index is -0.000000321. The number of oxime groups is 4. The first-order valence-electron chi connectivity index (χ1n) is 8.31. The second-order valence-corrected chi connectivity index (χ2v) is 5.25. The molecular formula is C20H28CoN5O4-. The molecule has 0 aromatic carbocycles. The van der Waals surface area contributed by atoms with Crippen LogP contribution in [0.25, 0.3) is 0 Å². The Morgan fingerprint density at radius 1 is 0.733 bits per heavy atom. The van der Waals surface area contributed by atoms with E-state index < -0.39 is 0 Å². The third-order valence-corrected chi connectivity index (χ3v) is 3.06. The van der Waals surface area contributed by atoms with E-state index in [-0.39, 0.29) is 16.8 Å². The van der Waals surface area contributed by atoms with Crippen molar-refractivity contribution in [1.29, 1.82) is 0 Å². The number of allylic oxidation sites excluding steroid dienone is 5. The summed E-state index contributed by atoms with van der Waals surface area (Å²) in [7, 11) is 0. The fraction of sp³-hybridized carbons (Fsp3) is 0.200. The van der Waals surface area contributed by atoms with Gasteiger partial charge in [0.05, 0.1) is 0 Å². The zero-order chi connectivity index (χ0) is 22.5. The van der Waals surface area contributed by atoms with E-state index in [0.717, 1.165) is 5.57 Å². The van der Waals surface area contributed by atoms with Crippen molar-refractivity contribution in [3.8, 4) is 0 Å². The van der Waals surface area contributed by atoms with Crippen LogP contribution in [0.1, 0.15) is 27.7 Å². The number of nitrogens with zero attached hydrogens (tertiary/aromatic N) is 5. The van der Waals surface area contributed by atoms with Gasteiger partial charge in [0, 0.05) is 29.2 Å². The van der Waals surface area contributed by atoms with Crippen LogP contribution in [-0.2, 0) is 16.8 Å². The van der Waals surface area contributed by atoms with Gasteiger partial charge in [-0.15, -0.1) is 12.2 Å². The minimum absolute atomic E-state index is 0. The zero-order valence-electron chi connectivity index (χ0n) is 17.3. The molecule has 1 aromatic heterocycles. The van der Waals surface area contributed by atoms with E-state index in [0.29, 0.717) is 22.8 Å². The molecule has 0 amide bonds. The van der Waals surface area contributed by atoms with Gasteiger partial charge in [-0.2, -0.15) is 30.7 Å². The molecule has 1 aromatic rings. The summed E-state index contributed by atoms with van der Waals surface area (Å²) in [5, 5.41) is 43.3. The molecule has 0 spiro atoms. The maximum atomic E-state index is 8.03. The fourth-order valence-electron chi connectivity index (χ4n) is 1.08. The fourth-order valence-corrected chi connectivity index (χ4v) is 1.08. The second kappa shape index (κ2) is 21.9. The van der Waals surface area contributed by atoms with Crippen LogP contribution < -0.4 is 0 Å². The molecule has 0 saturated heterocycles. The topological polar surface area (TPSA) is 143 Å². The number of pyridine rings is 1. The van der Waals surface area contributed by atoms with Crippen molar-refractivity contribution >= 4 is 22.8 Å². The van der Waals surface area contributed by atoms with Gasteiger partial charge in [-0.25, -0.2) is 0 Å². The number of rotatable bonds is 2. The number of aromatic nitrogens is 1. The molecule has 1 aliphatic carbocycles. The summed E-state index contributed by atoms with van der Waals surface area (Å²) < 4.78 is 0. The average molecular weight is 461 g/mol. The van der Waals surface area contributed by atoms with Crippen LogP contribution in [0.2, 0.25) is 0 Å². The van der Waals surface area contributed by atoms with Crippen LogP contribution in [0, 0.1) is 6.42 Å². The molecule has 0 saturated carbocycles. The molecule has 0 atom stereocenters.